The van der Waals surface area contributed by atoms with Gasteiger partial charge in [0.15, 0.2) is 0 Å². The number of nitrogens with zero attached hydrogens (tertiary/aromatic N) is 2. The molecular weight excluding hydrogens is 220 g/mol. The predicted octanol–water partition coefficient (Wildman–Crippen LogP) is 1.50. The standard InChI is InChI=1S/C12H20N2O3/c1-5-14(8-9(2)7-13)10(15)6-12(3,4)11(16)17/h9H,5-6,8H2,1-4H3,(H,16,17). The van der Waals surface area contributed by atoms with Crippen molar-refractivity contribution in [2.45, 2.75) is 34.1 Å². The van der Waals surface area contributed by atoms with Gasteiger partial charge >= 0.3 is 5.97 Å². The third kappa shape index (κ3) is 4.85. The first-order chi connectivity index (χ1) is 7.74. The number of carbonyl (C=O) groups excluding carboxylic acids is 1. The van der Waals surface area contributed by atoms with Gasteiger partial charge in [-0.2, -0.15) is 5.26 Å². The molecule has 0 aromatic carbocycles. The van der Waals surface area contributed by atoms with Crippen molar-refractivity contribution in [1.82, 2.24) is 4.90 Å². The molecule has 17 heavy (non-hydrogen) atoms. The predicted molar refractivity (Wildman–Crippen MR) is 63.1 cm³/mol. The minimum Gasteiger partial charge on any atom is -0.481 e. The van der Waals surface area contributed by atoms with E-state index in [0.717, 1.165) is 0 Å². The van der Waals surface area contributed by atoms with Gasteiger partial charge in [0.1, 0.15) is 0 Å². The maximum atomic E-state index is 11.9. The first-order valence-electron chi connectivity index (χ1n) is 5.65. The lowest BCUT2D eigenvalue weighted by atomic mass is 9.89. The van der Waals surface area contributed by atoms with E-state index in [1.165, 1.54) is 18.7 Å². The Morgan fingerprint density at radius 3 is 2.35 bits per heavy atom. The van der Waals surface area contributed by atoms with Gasteiger partial charge in [-0.3, -0.25) is 9.59 Å². The van der Waals surface area contributed by atoms with Gasteiger partial charge in [-0.05, 0) is 27.7 Å². The summed E-state index contributed by atoms with van der Waals surface area (Å²) in [7, 11) is 0. The number of rotatable bonds is 6. The molecule has 0 fully saturated rings. The Morgan fingerprint density at radius 2 is 2.00 bits per heavy atom. The summed E-state index contributed by atoms with van der Waals surface area (Å²) in [5, 5.41) is 17.6. The van der Waals surface area contributed by atoms with Crippen LogP contribution in [0.1, 0.15) is 34.1 Å². The fraction of sp³-hybridized carbons (Fsp3) is 0.750. The Labute approximate surface area is 102 Å². The first kappa shape index (κ1) is 15.4. The van der Waals surface area contributed by atoms with Gasteiger partial charge < -0.3 is 10.0 Å². The molecule has 0 rings (SSSR count). The number of carbonyl (C=O) groups is 2. The SMILES string of the molecule is CCN(CC(C)C#N)C(=O)CC(C)(C)C(=O)O. The number of aliphatic carboxylic acids is 1. The van der Waals surface area contributed by atoms with Crippen LogP contribution >= 0.6 is 0 Å². The van der Waals surface area contributed by atoms with Crippen molar-refractivity contribution >= 4 is 11.9 Å². The zero-order chi connectivity index (χ0) is 13.6. The molecule has 1 atom stereocenters. The summed E-state index contributed by atoms with van der Waals surface area (Å²) in [5.41, 5.74) is -1.07. The summed E-state index contributed by atoms with van der Waals surface area (Å²) in [6, 6.07) is 2.06. The highest BCUT2D eigenvalue weighted by Crippen LogP contribution is 2.21. The fourth-order valence-electron chi connectivity index (χ4n) is 1.34. The molecule has 0 aliphatic carbocycles. The summed E-state index contributed by atoms with van der Waals surface area (Å²) in [5.74, 6) is -1.45. The van der Waals surface area contributed by atoms with Crippen molar-refractivity contribution in [2.75, 3.05) is 13.1 Å². The third-order valence-corrected chi connectivity index (χ3v) is 2.62. The van der Waals surface area contributed by atoms with Crippen LogP contribution in [0.3, 0.4) is 0 Å². The van der Waals surface area contributed by atoms with Gasteiger partial charge in [-0.25, -0.2) is 0 Å². The molecule has 5 nitrogen and oxygen atoms in total. The van der Waals surface area contributed by atoms with Crippen molar-refractivity contribution in [3.05, 3.63) is 0 Å². The van der Waals surface area contributed by atoms with Crippen molar-refractivity contribution in [3.8, 4) is 6.07 Å². The summed E-state index contributed by atoms with van der Waals surface area (Å²) >= 11 is 0. The van der Waals surface area contributed by atoms with Crippen LogP contribution < -0.4 is 0 Å². The van der Waals surface area contributed by atoms with Crippen LogP contribution in [0.15, 0.2) is 0 Å². The molecule has 0 saturated heterocycles. The van der Waals surface area contributed by atoms with Crippen molar-refractivity contribution < 1.29 is 14.7 Å². The molecule has 5 heteroatoms. The van der Waals surface area contributed by atoms with E-state index in [1.54, 1.807) is 6.92 Å². The van der Waals surface area contributed by atoms with Crippen LogP contribution in [0, 0.1) is 22.7 Å². The van der Waals surface area contributed by atoms with Crippen LogP contribution in [0.4, 0.5) is 0 Å². The largest absolute Gasteiger partial charge is 0.481 e. The number of carboxylic acid groups (broad SMARTS) is 1. The van der Waals surface area contributed by atoms with E-state index < -0.39 is 11.4 Å². The topological polar surface area (TPSA) is 81.4 Å². The first-order valence-corrected chi connectivity index (χ1v) is 5.65. The molecule has 0 spiro atoms. The van der Waals surface area contributed by atoms with Crippen molar-refractivity contribution in [1.29, 1.82) is 5.26 Å². The molecule has 0 aromatic heterocycles. The van der Waals surface area contributed by atoms with E-state index in [9.17, 15) is 9.59 Å². The normalized spacial score (nSPS) is 12.6. The second kappa shape index (κ2) is 6.24. The summed E-state index contributed by atoms with van der Waals surface area (Å²) in [4.78, 5) is 24.3. The fourth-order valence-corrected chi connectivity index (χ4v) is 1.34. The number of carboxylic acids is 1. The average molecular weight is 240 g/mol. The molecule has 0 aliphatic heterocycles. The van der Waals surface area contributed by atoms with E-state index >= 15 is 0 Å². The second-order valence-corrected chi connectivity index (χ2v) is 4.83. The summed E-state index contributed by atoms with van der Waals surface area (Å²) in [6.45, 7) is 7.43. The Balaban J connectivity index is 4.57. The van der Waals surface area contributed by atoms with Gasteiger partial charge in [0.05, 0.1) is 17.4 Å². The Hall–Kier alpha value is -1.57. The molecule has 0 aromatic rings. The highest BCUT2D eigenvalue weighted by Gasteiger charge is 2.32. The van der Waals surface area contributed by atoms with Gasteiger partial charge in [0.2, 0.25) is 5.91 Å². The van der Waals surface area contributed by atoms with Crippen LogP contribution in [0.25, 0.3) is 0 Å². The average Bonchev–Trinajstić information content (AvgIpc) is 2.24. The van der Waals surface area contributed by atoms with E-state index in [0.29, 0.717) is 13.1 Å². The molecule has 0 aliphatic rings. The molecule has 96 valence electrons. The zero-order valence-corrected chi connectivity index (χ0v) is 10.9. The number of hydrogen-bond acceptors (Lipinski definition) is 3. The van der Waals surface area contributed by atoms with Crippen molar-refractivity contribution in [3.63, 3.8) is 0 Å². The Bertz CT molecular complexity index is 331. The Morgan fingerprint density at radius 1 is 1.47 bits per heavy atom. The number of hydrogen-bond donors (Lipinski definition) is 1. The lowest BCUT2D eigenvalue weighted by Gasteiger charge is -2.26. The molecular formula is C12H20N2O3. The minimum atomic E-state index is -1.07. The molecule has 0 saturated carbocycles. The summed E-state index contributed by atoms with van der Waals surface area (Å²) in [6.07, 6.45) is -0.0473. The molecule has 0 heterocycles. The van der Waals surface area contributed by atoms with Crippen LogP contribution in [0.5, 0.6) is 0 Å². The van der Waals surface area contributed by atoms with Gasteiger partial charge in [0, 0.05) is 19.5 Å². The molecule has 1 N–H and O–H groups in total. The van der Waals surface area contributed by atoms with Gasteiger partial charge in [-0.15, -0.1) is 0 Å². The summed E-state index contributed by atoms with van der Waals surface area (Å²) < 4.78 is 0. The van der Waals surface area contributed by atoms with E-state index in [1.807, 2.05) is 6.92 Å². The lowest BCUT2D eigenvalue weighted by molar-refractivity contribution is -0.151. The maximum Gasteiger partial charge on any atom is 0.309 e. The quantitative estimate of drug-likeness (QED) is 0.762. The Kier molecular flexibility index (Phi) is 5.66. The van der Waals surface area contributed by atoms with Gasteiger partial charge in [-0.1, -0.05) is 0 Å². The lowest BCUT2D eigenvalue weighted by Crippen LogP contribution is -2.38. The molecule has 0 bridgehead atoms. The second-order valence-electron chi connectivity index (χ2n) is 4.83. The minimum absolute atomic E-state index is 0.0473. The monoisotopic (exact) mass is 240 g/mol. The maximum absolute atomic E-state index is 11.9. The van der Waals surface area contributed by atoms with E-state index in [-0.39, 0.29) is 18.2 Å². The zero-order valence-electron chi connectivity index (χ0n) is 10.9. The van der Waals surface area contributed by atoms with Crippen LogP contribution in [0.2, 0.25) is 0 Å². The van der Waals surface area contributed by atoms with Crippen molar-refractivity contribution in [2.24, 2.45) is 11.3 Å². The molecule has 0 radical (unpaired) electrons. The smallest absolute Gasteiger partial charge is 0.309 e. The van der Waals surface area contributed by atoms with Gasteiger partial charge in [0.25, 0.3) is 0 Å². The van der Waals surface area contributed by atoms with Crippen LogP contribution in [-0.4, -0.2) is 35.0 Å². The molecule has 1 amide bonds. The highest BCUT2D eigenvalue weighted by molar-refractivity contribution is 5.84. The number of amides is 1. The third-order valence-electron chi connectivity index (χ3n) is 2.62. The molecule has 1 unspecified atom stereocenters. The highest BCUT2D eigenvalue weighted by atomic mass is 16.4. The van der Waals surface area contributed by atoms with E-state index in [4.69, 9.17) is 10.4 Å². The number of nitriles is 1. The van der Waals surface area contributed by atoms with E-state index in [2.05, 4.69) is 6.07 Å². The van der Waals surface area contributed by atoms with Crippen LogP contribution in [-0.2, 0) is 9.59 Å².